The van der Waals surface area contributed by atoms with Gasteiger partial charge in [-0.3, -0.25) is 4.79 Å². The highest BCUT2D eigenvalue weighted by atomic mass is 19.1. The first-order valence-electron chi connectivity index (χ1n) is 8.54. The van der Waals surface area contributed by atoms with Crippen molar-refractivity contribution in [1.29, 1.82) is 0 Å². The molecule has 3 rings (SSSR count). The molecule has 0 atom stereocenters. The molecule has 3 aromatic rings. The van der Waals surface area contributed by atoms with Crippen molar-refractivity contribution in [2.45, 2.75) is 20.0 Å². The molecule has 0 bridgehead atoms. The van der Waals surface area contributed by atoms with E-state index in [1.165, 1.54) is 18.5 Å². The van der Waals surface area contributed by atoms with E-state index >= 15 is 0 Å². The highest BCUT2D eigenvalue weighted by molar-refractivity contribution is 6.03. The van der Waals surface area contributed by atoms with Crippen LogP contribution in [0, 0.1) is 11.6 Å². The third-order valence-corrected chi connectivity index (χ3v) is 3.61. The van der Waals surface area contributed by atoms with E-state index in [0.717, 1.165) is 12.1 Å². The molecule has 2 aromatic carbocycles. The van der Waals surface area contributed by atoms with Gasteiger partial charge in [-0.05, 0) is 38.1 Å². The maximum absolute atomic E-state index is 13.7. The predicted octanol–water partition coefficient (Wildman–Crippen LogP) is 4.54. The predicted molar refractivity (Wildman–Crippen MR) is 102 cm³/mol. The molecule has 0 fully saturated rings. The Morgan fingerprint density at radius 1 is 1.04 bits per heavy atom. The van der Waals surface area contributed by atoms with Crippen molar-refractivity contribution in [3.05, 3.63) is 72.2 Å². The number of aromatic nitrogens is 2. The number of anilines is 3. The van der Waals surface area contributed by atoms with Gasteiger partial charge in [-0.25, -0.2) is 18.7 Å². The largest absolute Gasteiger partial charge is 0.489 e. The molecule has 0 spiro atoms. The molecule has 2 N–H and O–H groups in total. The van der Waals surface area contributed by atoms with E-state index in [0.29, 0.717) is 17.3 Å². The average Bonchev–Trinajstić information content (AvgIpc) is 2.66. The van der Waals surface area contributed by atoms with E-state index in [-0.39, 0.29) is 11.8 Å². The molecule has 144 valence electrons. The maximum Gasteiger partial charge on any atom is 0.274 e. The van der Waals surface area contributed by atoms with E-state index in [9.17, 15) is 13.6 Å². The van der Waals surface area contributed by atoms with Gasteiger partial charge < -0.3 is 15.4 Å². The van der Waals surface area contributed by atoms with E-state index in [4.69, 9.17) is 4.74 Å². The first kappa shape index (κ1) is 19.2. The van der Waals surface area contributed by atoms with E-state index in [1.807, 2.05) is 26.0 Å². The minimum Gasteiger partial charge on any atom is -0.489 e. The zero-order valence-electron chi connectivity index (χ0n) is 15.2. The summed E-state index contributed by atoms with van der Waals surface area (Å²) in [6.45, 7) is 3.82. The summed E-state index contributed by atoms with van der Waals surface area (Å²) in [5, 5.41) is 5.25. The number of hydrogen-bond donors (Lipinski definition) is 2. The number of amides is 1. The van der Waals surface area contributed by atoms with E-state index in [2.05, 4.69) is 20.6 Å². The average molecular weight is 384 g/mol. The second-order valence-electron chi connectivity index (χ2n) is 6.13. The topological polar surface area (TPSA) is 76.1 Å². The number of hydrogen-bond acceptors (Lipinski definition) is 5. The van der Waals surface area contributed by atoms with Crippen molar-refractivity contribution < 1.29 is 18.3 Å². The lowest BCUT2D eigenvalue weighted by atomic mass is 10.2. The maximum atomic E-state index is 13.7. The minimum atomic E-state index is -0.875. The van der Waals surface area contributed by atoms with Gasteiger partial charge in [0.25, 0.3) is 5.91 Å². The van der Waals surface area contributed by atoms with Crippen LogP contribution in [0.15, 0.2) is 54.9 Å². The van der Waals surface area contributed by atoms with Crippen LogP contribution in [0.2, 0.25) is 0 Å². The van der Waals surface area contributed by atoms with Crippen molar-refractivity contribution in [1.82, 2.24) is 9.97 Å². The van der Waals surface area contributed by atoms with Crippen molar-refractivity contribution >= 4 is 23.1 Å². The van der Waals surface area contributed by atoms with Crippen LogP contribution in [-0.2, 0) is 0 Å². The Balaban J connectivity index is 1.80. The summed E-state index contributed by atoms with van der Waals surface area (Å²) in [7, 11) is 0. The first-order chi connectivity index (χ1) is 13.4. The van der Waals surface area contributed by atoms with Crippen LogP contribution >= 0.6 is 0 Å². The van der Waals surface area contributed by atoms with Crippen molar-refractivity contribution in [3.63, 3.8) is 0 Å². The molecule has 0 radical (unpaired) electrons. The number of para-hydroxylation sites is 3. The van der Waals surface area contributed by atoms with Gasteiger partial charge in [-0.2, -0.15) is 0 Å². The normalized spacial score (nSPS) is 10.6. The highest BCUT2D eigenvalue weighted by Crippen LogP contribution is 2.27. The second-order valence-corrected chi connectivity index (χ2v) is 6.13. The smallest absolute Gasteiger partial charge is 0.274 e. The molecule has 8 heteroatoms. The fourth-order valence-corrected chi connectivity index (χ4v) is 2.41. The monoisotopic (exact) mass is 384 g/mol. The van der Waals surface area contributed by atoms with Crippen LogP contribution < -0.4 is 15.4 Å². The SMILES string of the molecule is CC(C)Oc1ccccc1Nc1cc(C(=O)Nc2c(F)cccc2F)ncn1. The number of carbonyl (C=O) groups excluding carboxylic acids is 1. The van der Waals surface area contributed by atoms with E-state index in [1.54, 1.807) is 12.1 Å². The zero-order chi connectivity index (χ0) is 20.1. The molecule has 0 saturated heterocycles. The summed E-state index contributed by atoms with van der Waals surface area (Å²) in [4.78, 5) is 20.3. The van der Waals surface area contributed by atoms with Crippen molar-refractivity contribution in [2.24, 2.45) is 0 Å². The van der Waals surface area contributed by atoms with Gasteiger partial charge in [-0.15, -0.1) is 0 Å². The van der Waals surface area contributed by atoms with Crippen LogP contribution in [0.25, 0.3) is 0 Å². The first-order valence-corrected chi connectivity index (χ1v) is 8.54. The van der Waals surface area contributed by atoms with Crippen LogP contribution in [0.4, 0.5) is 26.0 Å². The summed E-state index contributed by atoms with van der Waals surface area (Å²) >= 11 is 0. The summed E-state index contributed by atoms with van der Waals surface area (Å²) in [6, 6.07) is 12.0. The number of halogens is 2. The molecule has 0 aliphatic heterocycles. The molecule has 0 saturated carbocycles. The third kappa shape index (κ3) is 4.59. The molecule has 0 unspecified atom stereocenters. The molecule has 0 aliphatic rings. The number of carbonyl (C=O) groups is 1. The second kappa shape index (κ2) is 8.43. The van der Waals surface area contributed by atoms with Gasteiger partial charge in [0, 0.05) is 6.07 Å². The van der Waals surface area contributed by atoms with Gasteiger partial charge >= 0.3 is 0 Å². The lowest BCUT2D eigenvalue weighted by Crippen LogP contribution is -2.16. The zero-order valence-corrected chi connectivity index (χ0v) is 15.2. The Kier molecular flexibility index (Phi) is 5.78. The number of benzene rings is 2. The van der Waals surface area contributed by atoms with Gasteiger partial charge in [0.15, 0.2) is 0 Å². The van der Waals surface area contributed by atoms with Crippen LogP contribution in [0.3, 0.4) is 0 Å². The number of ether oxygens (including phenoxy) is 1. The minimum absolute atomic E-state index is 0.0228. The van der Waals surface area contributed by atoms with Crippen molar-refractivity contribution in [3.8, 4) is 5.75 Å². The highest BCUT2D eigenvalue weighted by Gasteiger charge is 2.15. The molecule has 6 nitrogen and oxygen atoms in total. The van der Waals surface area contributed by atoms with Crippen molar-refractivity contribution in [2.75, 3.05) is 10.6 Å². The molecular weight excluding hydrogens is 366 g/mol. The number of nitrogens with one attached hydrogen (secondary N) is 2. The molecular formula is C20H18F2N4O2. The van der Waals surface area contributed by atoms with Gasteiger partial charge in [-0.1, -0.05) is 18.2 Å². The fourth-order valence-electron chi connectivity index (χ4n) is 2.41. The lowest BCUT2D eigenvalue weighted by molar-refractivity contribution is 0.102. The fraction of sp³-hybridized carbons (Fsp3) is 0.150. The number of nitrogens with zero attached hydrogens (tertiary/aromatic N) is 2. The third-order valence-electron chi connectivity index (χ3n) is 3.61. The lowest BCUT2D eigenvalue weighted by Gasteiger charge is -2.15. The molecule has 1 aromatic heterocycles. The summed E-state index contributed by atoms with van der Waals surface area (Å²) < 4.78 is 33.2. The van der Waals surface area contributed by atoms with Gasteiger partial charge in [0.2, 0.25) is 0 Å². The Hall–Kier alpha value is -3.55. The molecule has 28 heavy (non-hydrogen) atoms. The summed E-state index contributed by atoms with van der Waals surface area (Å²) in [6.07, 6.45) is 1.16. The van der Waals surface area contributed by atoms with Crippen LogP contribution in [-0.4, -0.2) is 22.0 Å². The standard InChI is InChI=1S/C20H18F2N4O2/c1-12(2)28-17-9-4-3-8-15(17)25-18-10-16(23-11-24-18)20(27)26-19-13(21)6-5-7-14(19)22/h3-12H,1-2H3,(H,26,27)(H,23,24,25). The number of rotatable bonds is 6. The summed E-state index contributed by atoms with van der Waals surface area (Å²) in [5.74, 6) is -1.56. The van der Waals surface area contributed by atoms with Crippen LogP contribution in [0.5, 0.6) is 5.75 Å². The van der Waals surface area contributed by atoms with Gasteiger partial charge in [0.05, 0.1) is 11.8 Å². The van der Waals surface area contributed by atoms with Gasteiger partial charge in [0.1, 0.15) is 40.9 Å². The Morgan fingerprint density at radius 3 is 2.46 bits per heavy atom. The van der Waals surface area contributed by atoms with Crippen LogP contribution in [0.1, 0.15) is 24.3 Å². The quantitative estimate of drug-likeness (QED) is 0.653. The van der Waals surface area contributed by atoms with E-state index < -0.39 is 23.2 Å². The molecule has 1 amide bonds. The Bertz CT molecular complexity index is 975. The Labute approximate surface area is 160 Å². The Morgan fingerprint density at radius 2 is 1.75 bits per heavy atom. The molecule has 1 heterocycles. The summed E-state index contributed by atoms with van der Waals surface area (Å²) in [5.41, 5.74) is 0.0696. The molecule has 0 aliphatic carbocycles.